The molecule has 0 radical (unpaired) electrons. The first-order valence-electron chi connectivity index (χ1n) is 8.96. The summed E-state index contributed by atoms with van der Waals surface area (Å²) < 4.78 is 0. The smallest absolute Gasteiger partial charge is 0.0544 e. The molecule has 0 atom stereocenters. The molecule has 0 aliphatic heterocycles. The predicted molar refractivity (Wildman–Crippen MR) is 111 cm³/mol. The Balaban J connectivity index is 1.90. The number of aryl methyl sites for hydroxylation is 1. The molecule has 1 heteroatoms. The van der Waals surface area contributed by atoms with E-state index in [2.05, 4.69) is 103 Å². The number of fused-ring (bicyclic) bond motifs is 3. The minimum Gasteiger partial charge on any atom is -0.354 e. The first kappa shape index (κ1) is 15.0. The Morgan fingerprint density at radius 3 is 2.00 bits per heavy atom. The molecule has 0 bridgehead atoms. The summed E-state index contributed by atoms with van der Waals surface area (Å²) in [4.78, 5) is 3.65. The van der Waals surface area contributed by atoms with Gasteiger partial charge in [0, 0.05) is 21.9 Å². The average Bonchev–Trinajstić information content (AvgIpc) is 3.06. The zero-order chi connectivity index (χ0) is 17.5. The summed E-state index contributed by atoms with van der Waals surface area (Å²) in [7, 11) is 0. The quantitative estimate of drug-likeness (QED) is 0.359. The fraction of sp³-hybridized carbons (Fsp3) is 0.0400. The first-order valence-corrected chi connectivity index (χ1v) is 8.96. The van der Waals surface area contributed by atoms with Gasteiger partial charge in [-0.15, -0.1) is 0 Å². The van der Waals surface area contributed by atoms with E-state index in [1.165, 1.54) is 49.6 Å². The second-order valence-corrected chi connectivity index (χ2v) is 6.85. The van der Waals surface area contributed by atoms with Gasteiger partial charge in [-0.05, 0) is 47.9 Å². The number of benzene rings is 4. The van der Waals surface area contributed by atoms with Crippen LogP contribution in [0, 0.1) is 6.92 Å². The molecule has 5 rings (SSSR count). The number of H-pyrrole nitrogens is 1. The highest BCUT2D eigenvalue weighted by Crippen LogP contribution is 2.37. The van der Waals surface area contributed by atoms with Gasteiger partial charge in [0.15, 0.2) is 0 Å². The topological polar surface area (TPSA) is 15.8 Å². The highest BCUT2D eigenvalue weighted by Gasteiger charge is 2.12. The number of nitrogens with one attached hydrogen (secondary N) is 1. The van der Waals surface area contributed by atoms with Crippen molar-refractivity contribution in [1.82, 2.24) is 4.98 Å². The first-order chi connectivity index (χ1) is 12.8. The van der Waals surface area contributed by atoms with Gasteiger partial charge in [0.05, 0.1) is 5.52 Å². The summed E-state index contributed by atoms with van der Waals surface area (Å²) in [6.45, 7) is 2.15. The fourth-order valence-electron chi connectivity index (χ4n) is 3.76. The van der Waals surface area contributed by atoms with E-state index in [0.717, 1.165) is 0 Å². The molecular formula is C25H19N. The Morgan fingerprint density at radius 2 is 1.27 bits per heavy atom. The van der Waals surface area contributed by atoms with E-state index in [4.69, 9.17) is 0 Å². The molecule has 0 saturated heterocycles. The van der Waals surface area contributed by atoms with Gasteiger partial charge in [-0.1, -0.05) is 72.3 Å². The summed E-state index contributed by atoms with van der Waals surface area (Å²) in [5, 5.41) is 2.57. The van der Waals surface area contributed by atoms with Crippen molar-refractivity contribution in [2.45, 2.75) is 6.92 Å². The third kappa shape index (κ3) is 2.41. The third-order valence-corrected chi connectivity index (χ3v) is 5.06. The van der Waals surface area contributed by atoms with Crippen molar-refractivity contribution in [1.29, 1.82) is 0 Å². The van der Waals surface area contributed by atoms with Crippen molar-refractivity contribution in [3.63, 3.8) is 0 Å². The van der Waals surface area contributed by atoms with Gasteiger partial charge < -0.3 is 4.98 Å². The van der Waals surface area contributed by atoms with Crippen LogP contribution in [0.1, 0.15) is 5.56 Å². The Kier molecular flexibility index (Phi) is 3.39. The number of rotatable bonds is 2. The van der Waals surface area contributed by atoms with Gasteiger partial charge in [0.1, 0.15) is 0 Å². The van der Waals surface area contributed by atoms with Crippen LogP contribution in [-0.4, -0.2) is 4.98 Å². The molecule has 0 saturated carbocycles. The summed E-state index contributed by atoms with van der Waals surface area (Å²) in [5.41, 5.74) is 8.65. The molecule has 0 fully saturated rings. The summed E-state index contributed by atoms with van der Waals surface area (Å²) in [5.74, 6) is 0. The fourth-order valence-corrected chi connectivity index (χ4v) is 3.76. The lowest BCUT2D eigenvalue weighted by atomic mass is 9.95. The molecule has 0 unspecified atom stereocenters. The van der Waals surface area contributed by atoms with Gasteiger partial charge in [0.2, 0.25) is 0 Å². The molecule has 0 spiro atoms. The second-order valence-electron chi connectivity index (χ2n) is 6.85. The van der Waals surface area contributed by atoms with E-state index in [9.17, 15) is 0 Å². The number of hydrogen-bond acceptors (Lipinski definition) is 0. The largest absolute Gasteiger partial charge is 0.354 e. The van der Waals surface area contributed by atoms with E-state index < -0.39 is 0 Å². The van der Waals surface area contributed by atoms with Crippen molar-refractivity contribution < 1.29 is 0 Å². The van der Waals surface area contributed by atoms with Gasteiger partial charge in [0.25, 0.3) is 0 Å². The number of aromatic nitrogens is 1. The number of aromatic amines is 1. The standard InChI is InChI=1S/C25H19N/c1-17-12-13-24-22(14-17)23-16-20(18-8-4-2-5-9-18)15-21(25(23)26-24)19-10-6-3-7-11-19/h2-16,26H,1H3. The Hall–Kier alpha value is -3.32. The van der Waals surface area contributed by atoms with E-state index >= 15 is 0 Å². The Bertz CT molecular complexity index is 1210. The molecule has 124 valence electrons. The molecule has 1 aromatic heterocycles. The minimum absolute atomic E-state index is 1.19. The van der Waals surface area contributed by atoms with Crippen LogP contribution >= 0.6 is 0 Å². The molecule has 4 aromatic carbocycles. The van der Waals surface area contributed by atoms with Crippen molar-refractivity contribution in [2.75, 3.05) is 0 Å². The van der Waals surface area contributed by atoms with Gasteiger partial charge in [-0.25, -0.2) is 0 Å². The van der Waals surface area contributed by atoms with Crippen LogP contribution in [0.15, 0.2) is 91.0 Å². The Morgan fingerprint density at radius 1 is 0.577 bits per heavy atom. The SMILES string of the molecule is Cc1ccc2[nH]c3c(-c4ccccc4)cc(-c4ccccc4)cc3c2c1. The number of hydrogen-bond donors (Lipinski definition) is 1. The monoisotopic (exact) mass is 333 g/mol. The highest BCUT2D eigenvalue weighted by atomic mass is 14.7. The highest BCUT2D eigenvalue weighted by molar-refractivity contribution is 6.13. The van der Waals surface area contributed by atoms with Crippen LogP contribution in [0.5, 0.6) is 0 Å². The van der Waals surface area contributed by atoms with Crippen LogP contribution in [0.3, 0.4) is 0 Å². The molecule has 0 aliphatic rings. The van der Waals surface area contributed by atoms with Crippen LogP contribution in [0.4, 0.5) is 0 Å². The summed E-state index contributed by atoms with van der Waals surface area (Å²) >= 11 is 0. The third-order valence-electron chi connectivity index (χ3n) is 5.06. The lowest BCUT2D eigenvalue weighted by Gasteiger charge is -2.09. The van der Waals surface area contributed by atoms with Crippen LogP contribution in [0.25, 0.3) is 44.1 Å². The zero-order valence-corrected chi connectivity index (χ0v) is 14.7. The predicted octanol–water partition coefficient (Wildman–Crippen LogP) is 6.96. The molecule has 0 amide bonds. The summed E-state index contributed by atoms with van der Waals surface area (Å²) in [6, 6.07) is 32.5. The lowest BCUT2D eigenvalue weighted by molar-refractivity contribution is 1.48. The normalized spacial score (nSPS) is 11.3. The molecule has 5 aromatic rings. The Labute approximate surface area is 152 Å². The van der Waals surface area contributed by atoms with Gasteiger partial charge in [-0.3, -0.25) is 0 Å². The van der Waals surface area contributed by atoms with Crippen molar-refractivity contribution >= 4 is 21.8 Å². The van der Waals surface area contributed by atoms with Crippen molar-refractivity contribution in [3.8, 4) is 22.3 Å². The molecule has 26 heavy (non-hydrogen) atoms. The minimum atomic E-state index is 1.19. The van der Waals surface area contributed by atoms with Gasteiger partial charge >= 0.3 is 0 Å². The van der Waals surface area contributed by atoms with E-state index in [0.29, 0.717) is 0 Å². The zero-order valence-electron chi connectivity index (χ0n) is 14.7. The molecule has 1 nitrogen and oxygen atoms in total. The maximum Gasteiger partial charge on any atom is 0.0544 e. The molecular weight excluding hydrogens is 314 g/mol. The lowest BCUT2D eigenvalue weighted by Crippen LogP contribution is -1.84. The molecule has 1 N–H and O–H groups in total. The second kappa shape index (κ2) is 5.89. The average molecular weight is 333 g/mol. The van der Waals surface area contributed by atoms with E-state index in [1.54, 1.807) is 0 Å². The van der Waals surface area contributed by atoms with Crippen molar-refractivity contribution in [2.24, 2.45) is 0 Å². The van der Waals surface area contributed by atoms with E-state index in [-0.39, 0.29) is 0 Å². The van der Waals surface area contributed by atoms with Crippen LogP contribution in [0.2, 0.25) is 0 Å². The van der Waals surface area contributed by atoms with E-state index in [1.807, 2.05) is 0 Å². The summed E-state index contributed by atoms with van der Waals surface area (Å²) in [6.07, 6.45) is 0. The van der Waals surface area contributed by atoms with Gasteiger partial charge in [-0.2, -0.15) is 0 Å². The van der Waals surface area contributed by atoms with Crippen molar-refractivity contribution in [3.05, 3.63) is 96.6 Å². The maximum absolute atomic E-state index is 3.65. The molecule has 0 aliphatic carbocycles. The maximum atomic E-state index is 3.65. The van der Waals surface area contributed by atoms with Crippen LogP contribution < -0.4 is 0 Å². The molecule has 1 heterocycles. The van der Waals surface area contributed by atoms with Crippen LogP contribution in [-0.2, 0) is 0 Å².